The maximum absolute atomic E-state index is 6.05. The van der Waals surface area contributed by atoms with E-state index in [-0.39, 0.29) is 0 Å². The summed E-state index contributed by atoms with van der Waals surface area (Å²) >= 11 is 0. The van der Waals surface area contributed by atoms with Gasteiger partial charge in [0.1, 0.15) is 12.7 Å². The second-order valence-corrected chi connectivity index (χ2v) is 7.33. The number of hydrogen-bond acceptors (Lipinski definition) is 3. The summed E-state index contributed by atoms with van der Waals surface area (Å²) in [6.45, 7) is 2.22. The Morgan fingerprint density at radius 1 is 1.14 bits per heavy atom. The van der Waals surface area contributed by atoms with Crippen LogP contribution in [0.5, 0.6) is 0 Å². The van der Waals surface area contributed by atoms with E-state index in [0.29, 0.717) is 12.5 Å². The van der Waals surface area contributed by atoms with Crippen molar-refractivity contribution in [2.24, 2.45) is 16.6 Å². The summed E-state index contributed by atoms with van der Waals surface area (Å²) in [5.74, 6) is 1.29. The molecule has 3 aromatic rings. The second-order valence-electron chi connectivity index (χ2n) is 7.33. The molecule has 0 atom stereocenters. The molecule has 0 unspecified atom stereocenters. The topological polar surface area (TPSA) is 81.1 Å². The third-order valence-electron chi connectivity index (χ3n) is 5.31. The van der Waals surface area contributed by atoms with E-state index in [9.17, 15) is 0 Å². The largest absolute Gasteiger partial charge is 0.370 e. The van der Waals surface area contributed by atoms with Crippen molar-refractivity contribution in [3.05, 3.63) is 72.3 Å². The summed E-state index contributed by atoms with van der Waals surface area (Å²) < 4.78 is 1.82. The summed E-state index contributed by atoms with van der Waals surface area (Å²) in [7, 11) is 0. The second kappa shape index (κ2) is 8.69. The Bertz CT molecular complexity index is 910. The van der Waals surface area contributed by atoms with E-state index in [0.717, 1.165) is 19.0 Å². The summed E-state index contributed by atoms with van der Waals surface area (Å²) in [5.41, 5.74) is 10.8. The number of hydrogen-bond donors (Lipinski definition) is 2. The number of nitrogens with two attached hydrogens (primary N) is 1. The van der Waals surface area contributed by atoms with E-state index in [1.807, 2.05) is 10.7 Å². The highest BCUT2D eigenvalue weighted by Gasteiger charge is 2.16. The van der Waals surface area contributed by atoms with Gasteiger partial charge in [-0.3, -0.25) is 0 Å². The molecular formula is C22H26N6. The maximum Gasteiger partial charge on any atom is 0.188 e. The molecular weight excluding hydrogens is 348 g/mol. The van der Waals surface area contributed by atoms with E-state index >= 15 is 0 Å². The van der Waals surface area contributed by atoms with E-state index in [4.69, 9.17) is 5.73 Å². The first-order valence-electron chi connectivity index (χ1n) is 9.81. The molecule has 0 radical (unpaired) electrons. The van der Waals surface area contributed by atoms with Gasteiger partial charge in [0.15, 0.2) is 5.96 Å². The van der Waals surface area contributed by atoms with Crippen LogP contribution in [0.1, 0.15) is 30.4 Å². The van der Waals surface area contributed by atoms with Crippen LogP contribution in [0.25, 0.3) is 11.1 Å². The predicted molar refractivity (Wildman–Crippen MR) is 112 cm³/mol. The first-order valence-corrected chi connectivity index (χ1v) is 9.81. The lowest BCUT2D eigenvalue weighted by atomic mass is 9.85. The summed E-state index contributed by atoms with van der Waals surface area (Å²) in [6, 6.07) is 16.9. The molecule has 6 nitrogen and oxygen atoms in total. The lowest BCUT2D eigenvalue weighted by Crippen LogP contribution is -2.37. The van der Waals surface area contributed by atoms with Crippen LogP contribution in [0.4, 0.5) is 0 Å². The molecule has 0 saturated heterocycles. The summed E-state index contributed by atoms with van der Waals surface area (Å²) in [6.07, 6.45) is 7.23. The highest BCUT2D eigenvalue weighted by atomic mass is 15.3. The van der Waals surface area contributed by atoms with Gasteiger partial charge in [-0.2, -0.15) is 5.10 Å². The Balaban J connectivity index is 1.43. The fraction of sp³-hybridized carbons (Fsp3) is 0.318. The highest BCUT2D eigenvalue weighted by molar-refractivity contribution is 5.78. The maximum atomic E-state index is 6.05. The van der Waals surface area contributed by atoms with Crippen molar-refractivity contribution in [3.8, 4) is 11.1 Å². The molecule has 0 aliphatic heterocycles. The molecule has 0 amide bonds. The highest BCUT2D eigenvalue weighted by Crippen LogP contribution is 2.26. The minimum Gasteiger partial charge on any atom is -0.370 e. The summed E-state index contributed by atoms with van der Waals surface area (Å²) in [5, 5.41) is 7.41. The normalized spacial score (nSPS) is 14.6. The number of aliphatic imine (C=N–C) groups is 1. The van der Waals surface area contributed by atoms with Crippen LogP contribution in [-0.4, -0.2) is 27.3 Å². The Morgan fingerprint density at radius 2 is 1.96 bits per heavy atom. The van der Waals surface area contributed by atoms with Crippen LogP contribution in [0.15, 0.2) is 66.2 Å². The number of aromatic nitrogens is 3. The van der Waals surface area contributed by atoms with Gasteiger partial charge in [0, 0.05) is 6.54 Å². The van der Waals surface area contributed by atoms with Crippen molar-refractivity contribution in [2.75, 3.05) is 6.54 Å². The van der Waals surface area contributed by atoms with Gasteiger partial charge in [0.25, 0.3) is 0 Å². The Labute approximate surface area is 165 Å². The first kappa shape index (κ1) is 18.2. The van der Waals surface area contributed by atoms with Gasteiger partial charge < -0.3 is 11.1 Å². The molecule has 1 heterocycles. The van der Waals surface area contributed by atoms with Crippen LogP contribution in [0.3, 0.4) is 0 Å². The molecule has 2 aromatic carbocycles. The van der Waals surface area contributed by atoms with E-state index in [1.165, 1.54) is 41.5 Å². The van der Waals surface area contributed by atoms with Crippen molar-refractivity contribution < 1.29 is 0 Å². The van der Waals surface area contributed by atoms with E-state index in [2.05, 4.69) is 62.9 Å². The SMILES string of the molecule is NC(=NCc1ccccc1-c1ccc(Cn2cncn2)cc1)NCC1CCC1. The predicted octanol–water partition coefficient (Wildman–Crippen LogP) is 3.20. The lowest BCUT2D eigenvalue weighted by molar-refractivity contribution is 0.315. The Hall–Kier alpha value is -3.15. The van der Waals surface area contributed by atoms with Crippen LogP contribution in [0.2, 0.25) is 0 Å². The van der Waals surface area contributed by atoms with Gasteiger partial charge in [-0.25, -0.2) is 14.7 Å². The average Bonchev–Trinajstić information content (AvgIpc) is 3.19. The lowest BCUT2D eigenvalue weighted by Gasteiger charge is -2.25. The molecule has 1 aromatic heterocycles. The van der Waals surface area contributed by atoms with Gasteiger partial charge in [-0.15, -0.1) is 0 Å². The molecule has 0 spiro atoms. The van der Waals surface area contributed by atoms with Crippen molar-refractivity contribution in [1.82, 2.24) is 20.1 Å². The number of rotatable bonds is 7. The molecule has 1 aliphatic rings. The quantitative estimate of drug-likeness (QED) is 0.491. The van der Waals surface area contributed by atoms with Crippen LogP contribution < -0.4 is 11.1 Å². The van der Waals surface area contributed by atoms with Crippen LogP contribution >= 0.6 is 0 Å². The monoisotopic (exact) mass is 374 g/mol. The molecule has 0 bridgehead atoms. The third-order valence-corrected chi connectivity index (χ3v) is 5.31. The van der Waals surface area contributed by atoms with Crippen molar-refractivity contribution in [2.45, 2.75) is 32.4 Å². The van der Waals surface area contributed by atoms with E-state index in [1.54, 1.807) is 12.7 Å². The number of nitrogens with zero attached hydrogens (tertiary/aromatic N) is 4. The Kier molecular flexibility index (Phi) is 5.66. The van der Waals surface area contributed by atoms with Crippen molar-refractivity contribution in [3.63, 3.8) is 0 Å². The molecule has 144 valence electrons. The molecule has 1 aliphatic carbocycles. The fourth-order valence-corrected chi connectivity index (χ4v) is 3.40. The fourth-order valence-electron chi connectivity index (χ4n) is 3.40. The van der Waals surface area contributed by atoms with E-state index < -0.39 is 0 Å². The van der Waals surface area contributed by atoms with Crippen molar-refractivity contribution >= 4 is 5.96 Å². The number of benzene rings is 2. The zero-order valence-corrected chi connectivity index (χ0v) is 16.0. The van der Waals surface area contributed by atoms with Gasteiger partial charge in [-0.1, -0.05) is 55.0 Å². The number of guanidine groups is 1. The average molecular weight is 374 g/mol. The molecule has 4 rings (SSSR count). The van der Waals surface area contributed by atoms with Gasteiger partial charge >= 0.3 is 0 Å². The number of nitrogens with one attached hydrogen (secondary N) is 1. The minimum atomic E-state index is 0.532. The standard InChI is InChI=1S/C22H26N6/c23-22(25-12-17-4-3-5-17)26-13-20-6-1-2-7-21(20)19-10-8-18(9-11-19)14-28-16-24-15-27-28/h1-2,6-11,15-17H,3-5,12-14H2,(H3,23,25,26). The molecule has 1 fully saturated rings. The van der Waals surface area contributed by atoms with Gasteiger partial charge in [0.05, 0.1) is 13.1 Å². The molecule has 1 saturated carbocycles. The minimum absolute atomic E-state index is 0.532. The summed E-state index contributed by atoms with van der Waals surface area (Å²) in [4.78, 5) is 8.53. The molecule has 3 N–H and O–H groups in total. The van der Waals surface area contributed by atoms with Crippen LogP contribution in [-0.2, 0) is 13.1 Å². The molecule has 28 heavy (non-hydrogen) atoms. The molecule has 6 heteroatoms. The third kappa shape index (κ3) is 4.57. The first-order chi connectivity index (χ1) is 13.8. The smallest absolute Gasteiger partial charge is 0.188 e. The Morgan fingerprint density at radius 3 is 2.68 bits per heavy atom. The van der Waals surface area contributed by atoms with Gasteiger partial charge in [0.2, 0.25) is 0 Å². The van der Waals surface area contributed by atoms with Crippen LogP contribution in [0, 0.1) is 5.92 Å². The van der Waals surface area contributed by atoms with Gasteiger partial charge in [-0.05, 0) is 41.0 Å². The zero-order chi connectivity index (χ0) is 19.2. The van der Waals surface area contributed by atoms with Crippen molar-refractivity contribution in [1.29, 1.82) is 0 Å². The zero-order valence-electron chi connectivity index (χ0n) is 16.0.